The van der Waals surface area contributed by atoms with Crippen LogP contribution in [0.5, 0.6) is 5.75 Å². The molecule has 3 unspecified atom stereocenters. The molecule has 0 bridgehead atoms. The van der Waals surface area contributed by atoms with Gasteiger partial charge in [0.25, 0.3) is 0 Å². The normalized spacial score (nSPS) is 20.8. The van der Waals surface area contributed by atoms with Crippen LogP contribution in [0.1, 0.15) is 18.4 Å². The van der Waals surface area contributed by atoms with E-state index in [0.717, 1.165) is 11.3 Å². The number of carboxylic acids is 1. The minimum atomic E-state index is -1.13. The van der Waals surface area contributed by atoms with Crippen LogP contribution in [0.25, 0.3) is 0 Å². The molecule has 0 saturated carbocycles. The summed E-state index contributed by atoms with van der Waals surface area (Å²) in [7, 11) is -1.13. The summed E-state index contributed by atoms with van der Waals surface area (Å²) in [5, 5.41) is 8.79. The Morgan fingerprint density at radius 2 is 2.28 bits per heavy atom. The fourth-order valence-corrected chi connectivity index (χ4v) is 3.57. The van der Waals surface area contributed by atoms with E-state index in [2.05, 4.69) is 0 Å². The van der Waals surface area contributed by atoms with Crippen molar-refractivity contribution in [2.75, 3.05) is 18.1 Å². The minimum Gasteiger partial charge on any atom is -0.493 e. The molecule has 0 aliphatic carbocycles. The Balaban J connectivity index is 1.96. The van der Waals surface area contributed by atoms with Gasteiger partial charge < -0.3 is 9.84 Å². The number of benzene rings is 1. The van der Waals surface area contributed by atoms with Gasteiger partial charge in [-0.2, -0.15) is 0 Å². The number of hydrogen-bond donors (Lipinski definition) is 1. The van der Waals surface area contributed by atoms with Crippen LogP contribution in [-0.4, -0.2) is 33.4 Å². The molecule has 0 aromatic heterocycles. The molecule has 1 aliphatic heterocycles. The Labute approximate surface area is 108 Å². The predicted molar refractivity (Wildman–Crippen MR) is 69.4 cm³/mol. The standard InChI is InChI=1S/C13H16O4S/c1-9(13(14)15)7-18(16)8-10-6-17-12-5-3-2-4-11(10)12/h2-5,9-10H,6-8H2,1H3,(H,14,15). The zero-order valence-corrected chi connectivity index (χ0v) is 11.0. The Bertz CT molecular complexity index is 472. The minimum absolute atomic E-state index is 0.114. The van der Waals surface area contributed by atoms with Crippen LogP contribution in [0.2, 0.25) is 0 Å². The van der Waals surface area contributed by atoms with E-state index in [1.165, 1.54) is 0 Å². The van der Waals surface area contributed by atoms with Crippen molar-refractivity contribution in [1.82, 2.24) is 0 Å². The smallest absolute Gasteiger partial charge is 0.307 e. The third-order valence-corrected chi connectivity index (χ3v) is 4.69. The van der Waals surface area contributed by atoms with Gasteiger partial charge in [-0.15, -0.1) is 0 Å². The third-order valence-electron chi connectivity index (χ3n) is 3.04. The Morgan fingerprint density at radius 1 is 1.56 bits per heavy atom. The highest BCUT2D eigenvalue weighted by molar-refractivity contribution is 7.85. The number of ether oxygens (including phenoxy) is 1. The van der Waals surface area contributed by atoms with Gasteiger partial charge in [-0.1, -0.05) is 25.1 Å². The lowest BCUT2D eigenvalue weighted by molar-refractivity contribution is -0.140. The molecule has 98 valence electrons. The van der Waals surface area contributed by atoms with Crippen molar-refractivity contribution in [2.24, 2.45) is 5.92 Å². The Morgan fingerprint density at radius 3 is 3.00 bits per heavy atom. The molecule has 1 aromatic rings. The summed E-state index contributed by atoms with van der Waals surface area (Å²) in [6.07, 6.45) is 0. The molecule has 1 N–H and O–H groups in total. The summed E-state index contributed by atoms with van der Waals surface area (Å²) in [5.41, 5.74) is 1.08. The molecular formula is C13H16O4S. The molecule has 5 heteroatoms. The maximum atomic E-state index is 11.9. The number of carboxylic acid groups (broad SMARTS) is 1. The number of hydrogen-bond acceptors (Lipinski definition) is 3. The highest BCUT2D eigenvalue weighted by Crippen LogP contribution is 2.33. The second kappa shape index (κ2) is 5.52. The third kappa shape index (κ3) is 2.90. The monoisotopic (exact) mass is 268 g/mol. The van der Waals surface area contributed by atoms with Gasteiger partial charge in [-0.25, -0.2) is 0 Å². The zero-order chi connectivity index (χ0) is 13.1. The van der Waals surface area contributed by atoms with Gasteiger partial charge in [0.15, 0.2) is 0 Å². The lowest BCUT2D eigenvalue weighted by Gasteiger charge is -2.10. The lowest BCUT2D eigenvalue weighted by Crippen LogP contribution is -2.21. The largest absolute Gasteiger partial charge is 0.493 e. The first-order chi connectivity index (χ1) is 8.58. The molecule has 1 aliphatic rings. The van der Waals surface area contributed by atoms with Gasteiger partial charge in [-0.3, -0.25) is 9.00 Å². The van der Waals surface area contributed by atoms with E-state index in [0.29, 0.717) is 12.4 Å². The molecule has 1 aromatic carbocycles. The summed E-state index contributed by atoms with van der Waals surface area (Å²) in [6.45, 7) is 2.12. The van der Waals surface area contributed by atoms with Crippen molar-refractivity contribution in [1.29, 1.82) is 0 Å². The van der Waals surface area contributed by atoms with Crippen molar-refractivity contribution < 1.29 is 18.8 Å². The second-order valence-corrected chi connectivity index (χ2v) is 6.10. The zero-order valence-electron chi connectivity index (χ0n) is 10.2. The molecule has 0 saturated heterocycles. The molecule has 0 spiro atoms. The molecular weight excluding hydrogens is 252 g/mol. The molecule has 0 amide bonds. The lowest BCUT2D eigenvalue weighted by atomic mass is 10.0. The van der Waals surface area contributed by atoms with Crippen molar-refractivity contribution >= 4 is 16.8 Å². The molecule has 2 rings (SSSR count). The maximum Gasteiger partial charge on any atom is 0.307 e. The van der Waals surface area contributed by atoms with Crippen molar-refractivity contribution in [3.05, 3.63) is 29.8 Å². The van der Waals surface area contributed by atoms with E-state index in [1.54, 1.807) is 6.92 Å². The first-order valence-corrected chi connectivity index (χ1v) is 7.36. The summed E-state index contributed by atoms with van der Waals surface area (Å²) in [4.78, 5) is 10.7. The molecule has 18 heavy (non-hydrogen) atoms. The van der Waals surface area contributed by atoms with E-state index in [4.69, 9.17) is 9.84 Å². The quantitative estimate of drug-likeness (QED) is 0.881. The topological polar surface area (TPSA) is 63.6 Å². The average Bonchev–Trinajstić information content (AvgIpc) is 2.72. The molecule has 1 heterocycles. The van der Waals surface area contributed by atoms with E-state index in [1.807, 2.05) is 24.3 Å². The highest BCUT2D eigenvalue weighted by atomic mass is 32.2. The van der Waals surface area contributed by atoms with Crippen LogP contribution in [0.3, 0.4) is 0 Å². The summed E-state index contributed by atoms with van der Waals surface area (Å²) >= 11 is 0. The number of carbonyl (C=O) groups is 1. The second-order valence-electron chi connectivity index (χ2n) is 4.56. The summed E-state index contributed by atoms with van der Waals surface area (Å²) in [5.74, 6) is 0.173. The highest BCUT2D eigenvalue weighted by Gasteiger charge is 2.26. The fraction of sp³-hybridized carbons (Fsp3) is 0.462. The molecule has 4 nitrogen and oxygen atoms in total. The average molecular weight is 268 g/mol. The van der Waals surface area contributed by atoms with E-state index < -0.39 is 22.7 Å². The molecule has 0 radical (unpaired) electrons. The van der Waals surface area contributed by atoms with E-state index in [9.17, 15) is 9.00 Å². The first kappa shape index (κ1) is 13.1. The van der Waals surface area contributed by atoms with Gasteiger partial charge in [0.2, 0.25) is 0 Å². The van der Waals surface area contributed by atoms with E-state index in [-0.39, 0.29) is 11.7 Å². The Hall–Kier alpha value is -1.36. The van der Waals surface area contributed by atoms with Crippen LogP contribution < -0.4 is 4.74 Å². The summed E-state index contributed by atoms with van der Waals surface area (Å²) < 4.78 is 17.4. The number of fused-ring (bicyclic) bond motifs is 1. The molecule has 3 atom stereocenters. The van der Waals surface area contributed by atoms with Crippen LogP contribution in [0, 0.1) is 5.92 Å². The van der Waals surface area contributed by atoms with Crippen LogP contribution in [0.4, 0.5) is 0 Å². The predicted octanol–water partition coefficient (Wildman–Crippen LogP) is 1.63. The van der Waals surface area contributed by atoms with E-state index >= 15 is 0 Å². The van der Waals surface area contributed by atoms with Crippen LogP contribution in [-0.2, 0) is 15.6 Å². The molecule has 0 fully saturated rings. The van der Waals surface area contributed by atoms with Crippen molar-refractivity contribution in [2.45, 2.75) is 12.8 Å². The van der Waals surface area contributed by atoms with Crippen LogP contribution in [0.15, 0.2) is 24.3 Å². The van der Waals surface area contributed by atoms with Crippen molar-refractivity contribution in [3.63, 3.8) is 0 Å². The Kier molecular flexibility index (Phi) is 4.01. The van der Waals surface area contributed by atoms with Gasteiger partial charge in [0, 0.05) is 33.8 Å². The van der Waals surface area contributed by atoms with Crippen molar-refractivity contribution in [3.8, 4) is 5.75 Å². The first-order valence-electron chi connectivity index (χ1n) is 5.87. The number of rotatable bonds is 5. The number of aliphatic carboxylic acids is 1. The summed E-state index contributed by atoms with van der Waals surface area (Å²) in [6, 6.07) is 7.72. The number of para-hydroxylation sites is 1. The van der Waals surface area contributed by atoms with Gasteiger partial charge in [0.1, 0.15) is 5.75 Å². The maximum absolute atomic E-state index is 11.9. The van der Waals surface area contributed by atoms with Crippen LogP contribution >= 0.6 is 0 Å². The SMILES string of the molecule is CC(CS(=O)CC1COc2ccccc21)C(=O)O. The van der Waals surface area contributed by atoms with Gasteiger partial charge >= 0.3 is 5.97 Å². The van der Waals surface area contributed by atoms with Gasteiger partial charge in [0.05, 0.1) is 12.5 Å². The fourth-order valence-electron chi connectivity index (χ4n) is 2.01. The van der Waals surface area contributed by atoms with Gasteiger partial charge in [-0.05, 0) is 6.07 Å².